The Balaban J connectivity index is 4.10. The van der Waals surface area contributed by atoms with E-state index in [1.54, 1.807) is 0 Å². The van der Waals surface area contributed by atoms with E-state index in [2.05, 4.69) is 46.9 Å². The van der Waals surface area contributed by atoms with E-state index in [9.17, 15) is 0 Å². The molecular formula is C14H31NO. The van der Waals surface area contributed by atoms with E-state index < -0.39 is 0 Å². The first-order chi connectivity index (χ1) is 7.14. The lowest BCUT2D eigenvalue weighted by Crippen LogP contribution is -2.44. The summed E-state index contributed by atoms with van der Waals surface area (Å²) >= 11 is 0. The fraction of sp³-hybridized carbons (Fsp3) is 1.00. The summed E-state index contributed by atoms with van der Waals surface area (Å²) in [4.78, 5) is 0. The van der Waals surface area contributed by atoms with Gasteiger partial charge < -0.3 is 10.4 Å². The van der Waals surface area contributed by atoms with Gasteiger partial charge in [0.25, 0.3) is 0 Å². The molecule has 0 aromatic heterocycles. The monoisotopic (exact) mass is 229 g/mol. The largest absolute Gasteiger partial charge is 0.396 e. The lowest BCUT2D eigenvalue weighted by Gasteiger charge is -2.30. The van der Waals surface area contributed by atoms with Gasteiger partial charge >= 0.3 is 0 Å². The lowest BCUT2D eigenvalue weighted by molar-refractivity contribution is 0.245. The predicted octanol–water partition coefficient (Wildman–Crippen LogP) is 3.34. The van der Waals surface area contributed by atoms with E-state index in [-0.39, 0.29) is 5.54 Å². The van der Waals surface area contributed by atoms with Crippen LogP contribution in [-0.2, 0) is 0 Å². The van der Waals surface area contributed by atoms with Gasteiger partial charge in [-0.15, -0.1) is 0 Å². The molecular weight excluding hydrogens is 198 g/mol. The maximum atomic E-state index is 8.91. The average Bonchev–Trinajstić information content (AvgIpc) is 2.06. The molecule has 1 atom stereocenters. The van der Waals surface area contributed by atoms with Gasteiger partial charge in [-0.2, -0.15) is 0 Å². The van der Waals surface area contributed by atoms with Crippen LogP contribution in [0.15, 0.2) is 0 Å². The summed E-state index contributed by atoms with van der Waals surface area (Å²) in [6, 6.07) is 0.534. The topological polar surface area (TPSA) is 32.3 Å². The summed E-state index contributed by atoms with van der Waals surface area (Å²) in [7, 11) is 0. The first-order valence-corrected chi connectivity index (χ1v) is 6.52. The van der Waals surface area contributed by atoms with Crippen LogP contribution in [0, 0.1) is 5.41 Å². The summed E-state index contributed by atoms with van der Waals surface area (Å²) in [5, 5.41) is 12.6. The average molecular weight is 229 g/mol. The van der Waals surface area contributed by atoms with Crippen molar-refractivity contribution < 1.29 is 5.11 Å². The van der Waals surface area contributed by atoms with Crippen LogP contribution in [0.25, 0.3) is 0 Å². The molecule has 16 heavy (non-hydrogen) atoms. The SMILES string of the molecule is CC(C)(C)CC[C@@H](CCCO)NC(C)(C)C. The van der Waals surface area contributed by atoms with Crippen molar-refractivity contribution in [3.8, 4) is 0 Å². The Morgan fingerprint density at radius 2 is 1.56 bits per heavy atom. The Morgan fingerprint density at radius 1 is 1.00 bits per heavy atom. The summed E-state index contributed by atoms with van der Waals surface area (Å²) < 4.78 is 0. The molecule has 0 saturated carbocycles. The minimum atomic E-state index is 0.165. The number of nitrogens with one attached hydrogen (secondary N) is 1. The second kappa shape index (κ2) is 6.61. The normalized spacial score (nSPS) is 15.2. The molecule has 0 fully saturated rings. The van der Waals surface area contributed by atoms with Gasteiger partial charge in [-0.3, -0.25) is 0 Å². The van der Waals surface area contributed by atoms with Gasteiger partial charge in [0, 0.05) is 18.2 Å². The van der Waals surface area contributed by atoms with E-state index in [1.807, 2.05) is 0 Å². The molecule has 0 aromatic rings. The highest BCUT2D eigenvalue weighted by molar-refractivity contribution is 4.79. The molecule has 0 aliphatic rings. The van der Waals surface area contributed by atoms with E-state index in [1.165, 1.54) is 12.8 Å². The van der Waals surface area contributed by atoms with Crippen LogP contribution in [0.4, 0.5) is 0 Å². The molecule has 0 bridgehead atoms. The molecule has 0 aliphatic heterocycles. The van der Waals surface area contributed by atoms with Crippen molar-refractivity contribution in [3.63, 3.8) is 0 Å². The van der Waals surface area contributed by atoms with Crippen molar-refractivity contribution in [2.45, 2.75) is 78.8 Å². The van der Waals surface area contributed by atoms with E-state index in [0.717, 1.165) is 12.8 Å². The van der Waals surface area contributed by atoms with Crippen LogP contribution < -0.4 is 5.32 Å². The van der Waals surface area contributed by atoms with Crippen molar-refractivity contribution in [3.05, 3.63) is 0 Å². The molecule has 0 rings (SSSR count). The van der Waals surface area contributed by atoms with Crippen molar-refractivity contribution in [1.82, 2.24) is 5.32 Å². The van der Waals surface area contributed by atoms with Gasteiger partial charge in [-0.05, 0) is 51.9 Å². The van der Waals surface area contributed by atoms with Crippen molar-refractivity contribution in [2.75, 3.05) is 6.61 Å². The first-order valence-electron chi connectivity index (χ1n) is 6.52. The van der Waals surface area contributed by atoms with Crippen LogP contribution in [0.1, 0.15) is 67.2 Å². The van der Waals surface area contributed by atoms with Crippen LogP contribution in [0.3, 0.4) is 0 Å². The molecule has 0 spiro atoms. The van der Waals surface area contributed by atoms with Crippen molar-refractivity contribution in [1.29, 1.82) is 0 Å². The third kappa shape index (κ3) is 10.4. The summed E-state index contributed by atoms with van der Waals surface area (Å²) in [5.74, 6) is 0. The molecule has 0 radical (unpaired) electrons. The van der Waals surface area contributed by atoms with E-state index >= 15 is 0 Å². The van der Waals surface area contributed by atoms with Gasteiger partial charge in [0.2, 0.25) is 0 Å². The quantitative estimate of drug-likeness (QED) is 0.732. The maximum absolute atomic E-state index is 8.91. The Morgan fingerprint density at radius 3 is 1.94 bits per heavy atom. The number of aliphatic hydroxyl groups excluding tert-OH is 1. The number of rotatable bonds is 6. The summed E-state index contributed by atoms with van der Waals surface area (Å²) in [6.45, 7) is 13.8. The lowest BCUT2D eigenvalue weighted by atomic mass is 9.87. The minimum absolute atomic E-state index is 0.165. The number of aliphatic hydroxyl groups is 1. The highest BCUT2D eigenvalue weighted by Crippen LogP contribution is 2.23. The van der Waals surface area contributed by atoms with Gasteiger partial charge in [-0.1, -0.05) is 20.8 Å². The zero-order valence-corrected chi connectivity index (χ0v) is 12.1. The second-order valence-corrected chi connectivity index (χ2v) is 7.06. The second-order valence-electron chi connectivity index (χ2n) is 7.06. The standard InChI is InChI=1S/C14H31NO/c1-13(2,3)10-9-12(8-7-11-16)15-14(4,5)6/h12,15-16H,7-11H2,1-6H3/t12-/m1/s1. The first kappa shape index (κ1) is 15.9. The van der Waals surface area contributed by atoms with Crippen LogP contribution in [-0.4, -0.2) is 23.3 Å². The Labute approximate surface area is 102 Å². The number of hydrogen-bond donors (Lipinski definition) is 2. The van der Waals surface area contributed by atoms with Crippen LogP contribution >= 0.6 is 0 Å². The van der Waals surface area contributed by atoms with Gasteiger partial charge in [-0.25, -0.2) is 0 Å². The molecule has 2 N–H and O–H groups in total. The van der Waals surface area contributed by atoms with Crippen molar-refractivity contribution >= 4 is 0 Å². The third-order valence-corrected chi connectivity index (χ3v) is 2.59. The molecule has 0 saturated heterocycles. The highest BCUT2D eigenvalue weighted by atomic mass is 16.2. The molecule has 0 aromatic carbocycles. The fourth-order valence-corrected chi connectivity index (χ4v) is 1.85. The zero-order chi connectivity index (χ0) is 12.8. The summed E-state index contributed by atoms with van der Waals surface area (Å²) in [6.07, 6.45) is 4.40. The summed E-state index contributed by atoms with van der Waals surface area (Å²) in [5.41, 5.74) is 0.565. The molecule has 0 amide bonds. The predicted molar refractivity (Wildman–Crippen MR) is 71.7 cm³/mol. The van der Waals surface area contributed by atoms with E-state index in [0.29, 0.717) is 18.1 Å². The fourth-order valence-electron chi connectivity index (χ4n) is 1.85. The Hall–Kier alpha value is -0.0800. The van der Waals surface area contributed by atoms with Crippen molar-refractivity contribution in [2.24, 2.45) is 5.41 Å². The van der Waals surface area contributed by atoms with Gasteiger partial charge in [0.1, 0.15) is 0 Å². The molecule has 98 valence electrons. The molecule has 2 heteroatoms. The number of hydrogen-bond acceptors (Lipinski definition) is 2. The van der Waals surface area contributed by atoms with Crippen LogP contribution in [0.5, 0.6) is 0 Å². The highest BCUT2D eigenvalue weighted by Gasteiger charge is 2.19. The Kier molecular flexibility index (Phi) is 6.57. The molecule has 2 nitrogen and oxygen atoms in total. The van der Waals surface area contributed by atoms with Gasteiger partial charge in [0.15, 0.2) is 0 Å². The maximum Gasteiger partial charge on any atom is 0.0431 e. The van der Waals surface area contributed by atoms with Gasteiger partial charge in [0.05, 0.1) is 0 Å². The molecule has 0 heterocycles. The minimum Gasteiger partial charge on any atom is -0.396 e. The third-order valence-electron chi connectivity index (χ3n) is 2.59. The van der Waals surface area contributed by atoms with E-state index in [4.69, 9.17) is 5.11 Å². The zero-order valence-electron chi connectivity index (χ0n) is 12.1. The molecule has 0 aliphatic carbocycles. The smallest absolute Gasteiger partial charge is 0.0431 e. The van der Waals surface area contributed by atoms with Crippen LogP contribution in [0.2, 0.25) is 0 Å². The Bertz CT molecular complexity index is 176. The molecule has 0 unspecified atom stereocenters.